The van der Waals surface area contributed by atoms with Crippen molar-refractivity contribution in [2.24, 2.45) is 0 Å². The molecule has 0 aliphatic heterocycles. The van der Waals surface area contributed by atoms with Crippen molar-refractivity contribution in [3.63, 3.8) is 0 Å². The van der Waals surface area contributed by atoms with Crippen LogP contribution in [0.5, 0.6) is 0 Å². The molecule has 0 heterocycles. The molecule has 0 fully saturated rings. The van der Waals surface area contributed by atoms with Crippen LogP contribution in [0.15, 0.2) is 44.4 Å². The molecule has 1 nitrogen and oxygen atoms in total. The fourth-order valence-electron chi connectivity index (χ4n) is 2.73. The summed E-state index contributed by atoms with van der Waals surface area (Å²) in [6.07, 6.45) is 8.31. The van der Waals surface area contributed by atoms with Crippen molar-refractivity contribution in [1.82, 2.24) is 0 Å². The van der Waals surface area contributed by atoms with E-state index < -0.39 is 0 Å². The Labute approximate surface area is 105 Å². The molecule has 80 valence electrons. The standard InChI is InChI=1S/C13H12BBrO/c14-7-1-3-9-10-4-2-8(15)6-12(10)13(16)11(9)5-7/h5-6H,1-4,14H2. The van der Waals surface area contributed by atoms with Gasteiger partial charge in [-0.2, -0.15) is 0 Å². The first-order valence-electron chi connectivity index (χ1n) is 5.71. The number of fused-ring (bicyclic) bond motifs is 1. The predicted molar refractivity (Wildman–Crippen MR) is 71.2 cm³/mol. The van der Waals surface area contributed by atoms with Gasteiger partial charge in [-0.25, -0.2) is 0 Å². The smallest absolute Gasteiger partial charge is 0.193 e. The highest BCUT2D eigenvalue weighted by atomic mass is 79.9. The zero-order valence-electron chi connectivity index (χ0n) is 9.27. The molecule has 0 radical (unpaired) electrons. The van der Waals surface area contributed by atoms with E-state index in [0.29, 0.717) is 0 Å². The van der Waals surface area contributed by atoms with Crippen LogP contribution in [-0.2, 0) is 4.79 Å². The summed E-state index contributed by atoms with van der Waals surface area (Å²) in [4.78, 5) is 12.2. The van der Waals surface area contributed by atoms with Crippen molar-refractivity contribution in [3.05, 3.63) is 44.4 Å². The Hall–Kier alpha value is -0.825. The summed E-state index contributed by atoms with van der Waals surface area (Å²) in [7, 11) is 2.11. The average molecular weight is 275 g/mol. The summed E-state index contributed by atoms with van der Waals surface area (Å²) >= 11 is 3.50. The molecule has 0 unspecified atom stereocenters. The molecular weight excluding hydrogens is 263 g/mol. The largest absolute Gasteiger partial charge is 0.289 e. The van der Waals surface area contributed by atoms with E-state index in [1.807, 2.05) is 6.08 Å². The van der Waals surface area contributed by atoms with Crippen LogP contribution in [0.2, 0.25) is 0 Å². The Balaban J connectivity index is 2.12. The second-order valence-corrected chi connectivity index (χ2v) is 5.71. The van der Waals surface area contributed by atoms with Gasteiger partial charge in [-0.3, -0.25) is 4.79 Å². The molecule has 3 aliphatic rings. The monoisotopic (exact) mass is 274 g/mol. The van der Waals surface area contributed by atoms with E-state index >= 15 is 0 Å². The zero-order chi connectivity index (χ0) is 11.3. The van der Waals surface area contributed by atoms with Crippen LogP contribution < -0.4 is 0 Å². The highest BCUT2D eigenvalue weighted by Crippen LogP contribution is 2.43. The number of rotatable bonds is 0. The van der Waals surface area contributed by atoms with E-state index in [4.69, 9.17) is 0 Å². The van der Waals surface area contributed by atoms with E-state index in [1.165, 1.54) is 16.6 Å². The lowest BCUT2D eigenvalue weighted by atomic mass is 9.81. The number of hydrogen-bond donors (Lipinski definition) is 0. The van der Waals surface area contributed by atoms with Gasteiger partial charge in [0.05, 0.1) is 0 Å². The second-order valence-electron chi connectivity index (χ2n) is 4.70. The Kier molecular flexibility index (Phi) is 2.32. The minimum absolute atomic E-state index is 0.237. The molecule has 0 N–H and O–H groups in total. The molecule has 0 aromatic rings. The van der Waals surface area contributed by atoms with Gasteiger partial charge in [-0.1, -0.05) is 22.0 Å². The summed E-state index contributed by atoms with van der Waals surface area (Å²) in [6, 6.07) is 0. The van der Waals surface area contributed by atoms with Crippen molar-refractivity contribution in [2.75, 3.05) is 0 Å². The van der Waals surface area contributed by atoms with Gasteiger partial charge in [0.2, 0.25) is 0 Å². The fraction of sp³-hybridized carbons (Fsp3) is 0.308. The van der Waals surface area contributed by atoms with Crippen LogP contribution in [0.25, 0.3) is 0 Å². The van der Waals surface area contributed by atoms with E-state index in [0.717, 1.165) is 41.3 Å². The van der Waals surface area contributed by atoms with Crippen molar-refractivity contribution in [3.8, 4) is 0 Å². The number of Topliss-reactive ketones (excluding diaryl/α,β-unsaturated/α-hetero) is 1. The maximum absolute atomic E-state index is 12.2. The molecule has 0 amide bonds. The Morgan fingerprint density at radius 1 is 1.00 bits per heavy atom. The van der Waals surface area contributed by atoms with Gasteiger partial charge in [0.15, 0.2) is 5.78 Å². The molecule has 0 saturated heterocycles. The molecular formula is C13H12BBrO. The number of ketones is 1. The number of hydrogen-bond acceptors (Lipinski definition) is 1. The summed E-state index contributed by atoms with van der Waals surface area (Å²) in [6.45, 7) is 0. The van der Waals surface area contributed by atoms with Crippen LogP contribution in [0.3, 0.4) is 0 Å². The molecule has 0 bridgehead atoms. The summed E-state index contributed by atoms with van der Waals surface area (Å²) in [5, 5.41) is 0. The first-order valence-corrected chi connectivity index (χ1v) is 6.51. The van der Waals surface area contributed by atoms with Crippen LogP contribution in [-0.4, -0.2) is 13.6 Å². The highest BCUT2D eigenvalue weighted by molar-refractivity contribution is 9.11. The first kappa shape index (κ1) is 10.3. The minimum Gasteiger partial charge on any atom is -0.289 e. The Bertz CT molecular complexity index is 474. The summed E-state index contributed by atoms with van der Waals surface area (Å²) in [5.41, 5.74) is 5.87. The lowest BCUT2D eigenvalue weighted by Gasteiger charge is -2.16. The van der Waals surface area contributed by atoms with Crippen LogP contribution in [0.4, 0.5) is 0 Å². The van der Waals surface area contributed by atoms with E-state index in [1.54, 1.807) is 0 Å². The van der Waals surface area contributed by atoms with Crippen molar-refractivity contribution < 1.29 is 4.79 Å². The van der Waals surface area contributed by atoms with Crippen LogP contribution >= 0.6 is 15.9 Å². The maximum Gasteiger partial charge on any atom is 0.193 e. The van der Waals surface area contributed by atoms with Gasteiger partial charge in [0.1, 0.15) is 7.85 Å². The van der Waals surface area contributed by atoms with E-state index in [9.17, 15) is 4.79 Å². The maximum atomic E-state index is 12.2. The molecule has 3 heteroatoms. The lowest BCUT2D eigenvalue weighted by molar-refractivity contribution is -0.111. The third-order valence-corrected chi connectivity index (χ3v) is 4.20. The highest BCUT2D eigenvalue weighted by Gasteiger charge is 2.32. The van der Waals surface area contributed by atoms with Gasteiger partial charge < -0.3 is 0 Å². The lowest BCUT2D eigenvalue weighted by Crippen LogP contribution is -2.03. The van der Waals surface area contributed by atoms with Gasteiger partial charge in [0, 0.05) is 11.1 Å². The molecule has 0 aromatic carbocycles. The zero-order valence-corrected chi connectivity index (χ0v) is 10.9. The topological polar surface area (TPSA) is 17.1 Å². The van der Waals surface area contributed by atoms with Crippen LogP contribution in [0.1, 0.15) is 25.7 Å². The third kappa shape index (κ3) is 1.41. The van der Waals surface area contributed by atoms with Gasteiger partial charge in [-0.15, -0.1) is 5.47 Å². The molecule has 0 aromatic heterocycles. The van der Waals surface area contributed by atoms with Crippen LogP contribution in [0, 0.1) is 0 Å². The Morgan fingerprint density at radius 2 is 1.62 bits per heavy atom. The molecule has 3 aliphatic carbocycles. The Morgan fingerprint density at radius 3 is 2.38 bits per heavy atom. The molecule has 16 heavy (non-hydrogen) atoms. The number of allylic oxidation sites excluding steroid dienone is 8. The predicted octanol–water partition coefficient (Wildman–Crippen LogP) is 2.55. The number of carbonyl (C=O) groups excluding carboxylic acids is 1. The van der Waals surface area contributed by atoms with E-state index in [2.05, 4.69) is 29.9 Å². The second kappa shape index (κ2) is 3.59. The normalized spacial score (nSPS) is 24.2. The van der Waals surface area contributed by atoms with Crippen molar-refractivity contribution >= 4 is 29.6 Å². The summed E-state index contributed by atoms with van der Waals surface area (Å²) < 4.78 is 1.15. The summed E-state index contributed by atoms with van der Waals surface area (Å²) in [5.74, 6) is 0.237. The molecule has 3 rings (SSSR count). The van der Waals surface area contributed by atoms with E-state index in [-0.39, 0.29) is 5.78 Å². The van der Waals surface area contributed by atoms with Crippen molar-refractivity contribution in [2.45, 2.75) is 25.7 Å². The molecule has 0 saturated carbocycles. The average Bonchev–Trinajstić information content (AvgIpc) is 2.53. The van der Waals surface area contributed by atoms with Crippen molar-refractivity contribution in [1.29, 1.82) is 0 Å². The minimum atomic E-state index is 0.237. The van der Waals surface area contributed by atoms with Gasteiger partial charge in [0.25, 0.3) is 0 Å². The van der Waals surface area contributed by atoms with Gasteiger partial charge >= 0.3 is 0 Å². The van der Waals surface area contributed by atoms with Gasteiger partial charge in [-0.05, 0) is 47.4 Å². The quantitative estimate of drug-likeness (QED) is 0.621. The molecule has 0 spiro atoms. The first-order chi connectivity index (χ1) is 7.66. The number of carbonyl (C=O) groups is 1. The number of halogens is 1. The third-order valence-electron chi connectivity index (χ3n) is 3.58. The molecule has 0 atom stereocenters. The fourth-order valence-corrected chi connectivity index (χ4v) is 3.16. The SMILES string of the molecule is BC1=CC2=C(CC1)C1=C(C=C(Br)CC1)C2=O.